The molecule has 8 heteroatoms. The van der Waals surface area contributed by atoms with Crippen LogP contribution in [0.3, 0.4) is 0 Å². The highest BCUT2D eigenvalue weighted by Crippen LogP contribution is 2.30. The number of alkyl halides is 3. The van der Waals surface area contributed by atoms with Crippen LogP contribution in [0.1, 0.15) is 18.3 Å². The van der Waals surface area contributed by atoms with Crippen LogP contribution in [0.2, 0.25) is 0 Å². The summed E-state index contributed by atoms with van der Waals surface area (Å²) >= 11 is 4.74. The van der Waals surface area contributed by atoms with E-state index in [0.29, 0.717) is 12.1 Å². The van der Waals surface area contributed by atoms with Crippen LogP contribution < -0.4 is 0 Å². The first-order valence-electron chi connectivity index (χ1n) is 5.54. The van der Waals surface area contributed by atoms with E-state index in [1.165, 1.54) is 6.20 Å². The van der Waals surface area contributed by atoms with Crippen molar-refractivity contribution in [1.29, 1.82) is 0 Å². The number of aromatic nitrogens is 4. The summed E-state index contributed by atoms with van der Waals surface area (Å²) in [6.07, 6.45) is -2.99. The highest BCUT2D eigenvalue weighted by molar-refractivity contribution is 7.71. The SMILES string of the molecule is CCn1ncc(-c2cc(C(F)(F)F)[nH]c(=S)n2)c1C. The third kappa shape index (κ3) is 2.67. The number of aromatic amines is 1. The third-order valence-corrected chi connectivity index (χ3v) is 2.92. The molecule has 0 aliphatic heterocycles. The van der Waals surface area contributed by atoms with Crippen LogP contribution >= 0.6 is 12.2 Å². The first-order valence-corrected chi connectivity index (χ1v) is 5.95. The van der Waals surface area contributed by atoms with Gasteiger partial charge in [-0.15, -0.1) is 0 Å². The first-order chi connectivity index (χ1) is 8.82. The summed E-state index contributed by atoms with van der Waals surface area (Å²) < 4.78 is 39.6. The number of nitrogens with zero attached hydrogens (tertiary/aromatic N) is 3. The Labute approximate surface area is 112 Å². The van der Waals surface area contributed by atoms with Gasteiger partial charge in [-0.3, -0.25) is 4.68 Å². The number of halogens is 3. The van der Waals surface area contributed by atoms with Gasteiger partial charge in [0.2, 0.25) is 0 Å². The smallest absolute Gasteiger partial charge is 0.327 e. The Morgan fingerprint density at radius 3 is 2.63 bits per heavy atom. The van der Waals surface area contributed by atoms with E-state index in [-0.39, 0.29) is 10.5 Å². The summed E-state index contributed by atoms with van der Waals surface area (Å²) in [6.45, 7) is 4.31. The maximum absolute atomic E-state index is 12.7. The quantitative estimate of drug-likeness (QED) is 0.862. The largest absolute Gasteiger partial charge is 0.431 e. The zero-order valence-corrected chi connectivity index (χ0v) is 11.1. The maximum Gasteiger partial charge on any atom is 0.431 e. The van der Waals surface area contributed by atoms with Gasteiger partial charge in [0, 0.05) is 17.8 Å². The van der Waals surface area contributed by atoms with Gasteiger partial charge in [-0.25, -0.2) is 4.98 Å². The molecule has 0 radical (unpaired) electrons. The fourth-order valence-electron chi connectivity index (χ4n) is 1.77. The second kappa shape index (κ2) is 4.76. The molecule has 0 unspecified atom stereocenters. The van der Waals surface area contributed by atoms with Gasteiger partial charge in [0.25, 0.3) is 0 Å². The number of nitrogens with one attached hydrogen (secondary N) is 1. The van der Waals surface area contributed by atoms with Gasteiger partial charge in [0.15, 0.2) is 4.77 Å². The van der Waals surface area contributed by atoms with Crippen LogP contribution in [0.5, 0.6) is 0 Å². The summed E-state index contributed by atoms with van der Waals surface area (Å²) in [6, 6.07) is 0.944. The van der Waals surface area contributed by atoms with Crippen molar-refractivity contribution in [2.24, 2.45) is 0 Å². The predicted octanol–water partition coefficient (Wildman–Crippen LogP) is 3.35. The molecular formula is C11H11F3N4S. The molecule has 0 aromatic carbocycles. The monoisotopic (exact) mass is 288 g/mol. The Balaban J connectivity index is 2.60. The molecule has 0 spiro atoms. The molecule has 0 aliphatic carbocycles. The van der Waals surface area contributed by atoms with Crippen molar-refractivity contribution in [1.82, 2.24) is 19.7 Å². The van der Waals surface area contributed by atoms with Gasteiger partial charge < -0.3 is 4.98 Å². The van der Waals surface area contributed by atoms with Crippen LogP contribution in [0, 0.1) is 11.7 Å². The number of aryl methyl sites for hydroxylation is 1. The van der Waals surface area contributed by atoms with E-state index in [9.17, 15) is 13.2 Å². The Morgan fingerprint density at radius 2 is 2.11 bits per heavy atom. The van der Waals surface area contributed by atoms with Gasteiger partial charge in [-0.2, -0.15) is 18.3 Å². The minimum absolute atomic E-state index is 0.174. The molecule has 0 bridgehead atoms. The summed E-state index contributed by atoms with van der Waals surface area (Å²) in [5.41, 5.74) is 0.565. The van der Waals surface area contributed by atoms with Gasteiger partial charge in [-0.05, 0) is 32.1 Å². The Hall–Kier alpha value is -1.70. The van der Waals surface area contributed by atoms with Crippen molar-refractivity contribution in [3.05, 3.63) is 28.4 Å². The van der Waals surface area contributed by atoms with Gasteiger partial charge in [-0.1, -0.05) is 0 Å². The van der Waals surface area contributed by atoms with E-state index in [1.807, 2.05) is 11.9 Å². The lowest BCUT2D eigenvalue weighted by molar-refractivity contribution is -0.141. The van der Waals surface area contributed by atoms with Crippen molar-refractivity contribution in [3.8, 4) is 11.3 Å². The minimum atomic E-state index is -4.49. The second-order valence-corrected chi connectivity index (χ2v) is 4.33. The van der Waals surface area contributed by atoms with Crippen LogP contribution in [0.4, 0.5) is 13.2 Å². The van der Waals surface area contributed by atoms with E-state index < -0.39 is 11.9 Å². The molecular weight excluding hydrogens is 277 g/mol. The molecule has 0 amide bonds. The minimum Gasteiger partial charge on any atom is -0.327 e. The lowest BCUT2D eigenvalue weighted by atomic mass is 10.1. The molecule has 2 aromatic heterocycles. The van der Waals surface area contributed by atoms with Crippen molar-refractivity contribution in [3.63, 3.8) is 0 Å². The van der Waals surface area contributed by atoms with E-state index in [0.717, 1.165) is 11.8 Å². The predicted molar refractivity (Wildman–Crippen MR) is 66.1 cm³/mol. The second-order valence-electron chi connectivity index (χ2n) is 3.94. The van der Waals surface area contributed by atoms with Crippen LogP contribution in [-0.2, 0) is 12.7 Å². The third-order valence-electron chi connectivity index (χ3n) is 2.73. The molecule has 4 nitrogen and oxygen atoms in total. The molecule has 2 rings (SSSR count). The topological polar surface area (TPSA) is 46.5 Å². The Kier molecular flexibility index (Phi) is 3.44. The molecule has 0 fully saturated rings. The number of rotatable bonds is 2. The number of hydrogen-bond acceptors (Lipinski definition) is 3. The van der Waals surface area contributed by atoms with Crippen molar-refractivity contribution < 1.29 is 13.2 Å². The lowest BCUT2D eigenvalue weighted by Gasteiger charge is -2.08. The Morgan fingerprint density at radius 1 is 1.42 bits per heavy atom. The molecule has 2 heterocycles. The molecule has 19 heavy (non-hydrogen) atoms. The summed E-state index contributed by atoms with van der Waals surface area (Å²) in [5, 5.41) is 4.08. The standard InChI is InChI=1S/C11H11F3N4S/c1-3-18-6(2)7(5-15-18)8-4-9(11(12,13)14)17-10(19)16-8/h4-5H,3H2,1-2H3,(H,16,17,19). The van der Waals surface area contributed by atoms with E-state index >= 15 is 0 Å². The molecule has 0 saturated heterocycles. The van der Waals surface area contributed by atoms with Gasteiger partial charge >= 0.3 is 6.18 Å². The van der Waals surface area contributed by atoms with Crippen molar-refractivity contribution in [2.75, 3.05) is 0 Å². The van der Waals surface area contributed by atoms with Crippen LogP contribution in [-0.4, -0.2) is 19.7 Å². The fraction of sp³-hybridized carbons (Fsp3) is 0.364. The van der Waals surface area contributed by atoms with Gasteiger partial charge in [0.05, 0.1) is 11.9 Å². The molecule has 0 saturated carbocycles. The average molecular weight is 288 g/mol. The summed E-state index contributed by atoms with van der Waals surface area (Å²) in [4.78, 5) is 5.98. The number of H-pyrrole nitrogens is 1. The fourth-order valence-corrected chi connectivity index (χ4v) is 1.97. The van der Waals surface area contributed by atoms with Crippen molar-refractivity contribution in [2.45, 2.75) is 26.6 Å². The van der Waals surface area contributed by atoms with Crippen molar-refractivity contribution >= 4 is 12.2 Å². The molecule has 1 N–H and O–H groups in total. The van der Waals surface area contributed by atoms with Crippen LogP contribution in [0.25, 0.3) is 11.3 Å². The molecule has 102 valence electrons. The summed E-state index contributed by atoms with van der Waals surface area (Å²) in [7, 11) is 0. The van der Waals surface area contributed by atoms with E-state index in [2.05, 4.69) is 10.1 Å². The summed E-state index contributed by atoms with van der Waals surface area (Å²) in [5.74, 6) is 0. The maximum atomic E-state index is 12.7. The zero-order chi connectivity index (χ0) is 14.2. The van der Waals surface area contributed by atoms with E-state index in [4.69, 9.17) is 12.2 Å². The zero-order valence-electron chi connectivity index (χ0n) is 10.2. The number of hydrogen-bond donors (Lipinski definition) is 1. The molecule has 0 aliphatic rings. The van der Waals surface area contributed by atoms with Crippen LogP contribution in [0.15, 0.2) is 12.3 Å². The average Bonchev–Trinajstić information content (AvgIpc) is 2.68. The van der Waals surface area contributed by atoms with E-state index in [1.54, 1.807) is 11.6 Å². The van der Waals surface area contributed by atoms with Gasteiger partial charge in [0.1, 0.15) is 5.69 Å². The Bertz CT molecular complexity index is 657. The molecule has 0 atom stereocenters. The normalized spacial score (nSPS) is 11.8. The highest BCUT2D eigenvalue weighted by Gasteiger charge is 2.32. The lowest BCUT2D eigenvalue weighted by Crippen LogP contribution is -2.09. The first kappa shape index (κ1) is 13.7. The molecule has 2 aromatic rings. The highest BCUT2D eigenvalue weighted by atomic mass is 32.1.